The average Bonchev–Trinajstić information content (AvgIpc) is 2.36. The molecule has 1 aromatic heterocycles. The quantitative estimate of drug-likeness (QED) is 0.845. The van der Waals surface area contributed by atoms with Gasteiger partial charge in [0, 0.05) is 17.2 Å². The van der Waals surface area contributed by atoms with Gasteiger partial charge in [-0.1, -0.05) is 12.1 Å². The minimum atomic E-state index is -4.79. The van der Waals surface area contributed by atoms with E-state index in [1.807, 2.05) is 0 Å². The largest absolute Gasteiger partial charge is 0.573 e. The van der Waals surface area contributed by atoms with Crippen LogP contribution in [0.1, 0.15) is 5.56 Å². The van der Waals surface area contributed by atoms with Gasteiger partial charge < -0.3 is 14.8 Å². The lowest BCUT2D eigenvalue weighted by Gasteiger charge is -2.13. The van der Waals surface area contributed by atoms with Crippen LogP contribution < -0.4 is 10.2 Å². The SMILES string of the molecule is Cc1ccnc(-c2cccc(OC(F)(F)F)c2)c1B(O)O. The normalized spacial score (nSPS) is 11.3. The number of hydrogen-bond acceptors (Lipinski definition) is 4. The van der Waals surface area contributed by atoms with Crippen LogP contribution in [0.4, 0.5) is 13.2 Å². The smallest absolute Gasteiger partial charge is 0.423 e. The van der Waals surface area contributed by atoms with Crippen LogP contribution in [0.3, 0.4) is 0 Å². The monoisotopic (exact) mass is 297 g/mol. The van der Waals surface area contributed by atoms with Crippen LogP contribution >= 0.6 is 0 Å². The highest BCUT2D eigenvalue weighted by molar-refractivity contribution is 6.61. The fraction of sp³-hybridized carbons (Fsp3) is 0.154. The molecule has 0 amide bonds. The predicted molar refractivity (Wildman–Crippen MR) is 70.9 cm³/mol. The van der Waals surface area contributed by atoms with E-state index < -0.39 is 19.2 Å². The molecule has 8 heteroatoms. The Kier molecular flexibility index (Phi) is 4.20. The molecule has 110 valence electrons. The first kappa shape index (κ1) is 15.3. The molecule has 0 aliphatic carbocycles. The third-order valence-corrected chi connectivity index (χ3v) is 2.81. The van der Waals surface area contributed by atoms with E-state index in [2.05, 4.69) is 9.72 Å². The Hall–Kier alpha value is -2.06. The number of benzene rings is 1. The highest BCUT2D eigenvalue weighted by Gasteiger charge is 2.31. The summed E-state index contributed by atoms with van der Waals surface area (Å²) in [6.45, 7) is 1.65. The molecular weight excluding hydrogens is 286 g/mol. The molecule has 1 heterocycles. The second-order valence-corrected chi connectivity index (χ2v) is 4.34. The summed E-state index contributed by atoms with van der Waals surface area (Å²) in [4.78, 5) is 4.01. The molecule has 0 aliphatic rings. The molecule has 1 aromatic carbocycles. The molecule has 0 radical (unpaired) electrons. The molecule has 2 aromatic rings. The van der Waals surface area contributed by atoms with Crippen LogP contribution in [-0.4, -0.2) is 28.5 Å². The van der Waals surface area contributed by atoms with Gasteiger partial charge in [0.1, 0.15) is 5.75 Å². The Balaban J connectivity index is 2.48. The van der Waals surface area contributed by atoms with Gasteiger partial charge in [-0.05, 0) is 30.7 Å². The Morgan fingerprint density at radius 2 is 1.90 bits per heavy atom. The van der Waals surface area contributed by atoms with Crippen molar-refractivity contribution < 1.29 is 28.0 Å². The first-order valence-corrected chi connectivity index (χ1v) is 5.96. The lowest BCUT2D eigenvalue weighted by Crippen LogP contribution is -2.34. The summed E-state index contributed by atoms with van der Waals surface area (Å²) in [5.74, 6) is -0.401. The topological polar surface area (TPSA) is 62.6 Å². The minimum Gasteiger partial charge on any atom is -0.423 e. The second-order valence-electron chi connectivity index (χ2n) is 4.34. The zero-order valence-corrected chi connectivity index (χ0v) is 10.9. The summed E-state index contributed by atoms with van der Waals surface area (Å²) in [5, 5.41) is 18.8. The van der Waals surface area contributed by atoms with Crippen molar-refractivity contribution >= 4 is 12.6 Å². The third kappa shape index (κ3) is 3.74. The predicted octanol–water partition coefficient (Wildman–Crippen LogP) is 1.64. The van der Waals surface area contributed by atoms with E-state index in [1.165, 1.54) is 18.3 Å². The number of rotatable bonds is 3. The lowest BCUT2D eigenvalue weighted by atomic mass is 9.75. The summed E-state index contributed by atoms with van der Waals surface area (Å²) in [6, 6.07) is 6.75. The van der Waals surface area contributed by atoms with Crippen LogP contribution in [0.2, 0.25) is 0 Å². The van der Waals surface area contributed by atoms with Gasteiger partial charge in [0.05, 0.1) is 5.69 Å². The number of nitrogens with zero attached hydrogens (tertiary/aromatic N) is 1. The Labute approximate surface area is 119 Å². The number of alkyl halides is 3. The van der Waals surface area contributed by atoms with E-state index >= 15 is 0 Å². The zero-order chi connectivity index (χ0) is 15.6. The van der Waals surface area contributed by atoms with Crippen molar-refractivity contribution in [2.45, 2.75) is 13.3 Å². The van der Waals surface area contributed by atoms with Crippen molar-refractivity contribution in [2.75, 3.05) is 0 Å². The summed E-state index contributed by atoms with van der Waals surface area (Å²) in [7, 11) is -1.78. The van der Waals surface area contributed by atoms with Gasteiger partial charge in [0.25, 0.3) is 0 Å². The maximum atomic E-state index is 12.2. The number of aryl methyl sites for hydroxylation is 1. The number of aromatic nitrogens is 1. The Morgan fingerprint density at radius 1 is 1.19 bits per heavy atom. The number of halogens is 3. The van der Waals surface area contributed by atoms with E-state index in [4.69, 9.17) is 0 Å². The maximum Gasteiger partial charge on any atom is 0.573 e. The van der Waals surface area contributed by atoms with E-state index in [0.717, 1.165) is 12.1 Å². The lowest BCUT2D eigenvalue weighted by molar-refractivity contribution is -0.274. The van der Waals surface area contributed by atoms with E-state index in [9.17, 15) is 23.2 Å². The highest BCUT2D eigenvalue weighted by Crippen LogP contribution is 2.26. The number of hydrogen-bond donors (Lipinski definition) is 2. The molecular formula is C13H11BF3NO3. The molecule has 4 nitrogen and oxygen atoms in total. The van der Waals surface area contributed by atoms with Crippen molar-refractivity contribution in [3.8, 4) is 17.0 Å². The fourth-order valence-corrected chi connectivity index (χ4v) is 1.97. The molecule has 2 N–H and O–H groups in total. The molecule has 0 fully saturated rings. The van der Waals surface area contributed by atoms with Gasteiger partial charge in [0.2, 0.25) is 0 Å². The van der Waals surface area contributed by atoms with Crippen molar-refractivity contribution in [3.63, 3.8) is 0 Å². The zero-order valence-electron chi connectivity index (χ0n) is 10.9. The van der Waals surface area contributed by atoms with Gasteiger partial charge in [-0.15, -0.1) is 13.2 Å². The van der Waals surface area contributed by atoms with Crippen molar-refractivity contribution in [2.24, 2.45) is 0 Å². The number of ether oxygens (including phenoxy) is 1. The average molecular weight is 297 g/mol. The highest BCUT2D eigenvalue weighted by atomic mass is 19.4. The van der Waals surface area contributed by atoms with Crippen LogP contribution in [0.15, 0.2) is 36.5 Å². The molecule has 0 saturated heterocycles. The van der Waals surface area contributed by atoms with E-state index in [0.29, 0.717) is 11.1 Å². The van der Waals surface area contributed by atoms with Crippen molar-refractivity contribution in [1.82, 2.24) is 4.98 Å². The first-order valence-electron chi connectivity index (χ1n) is 5.96. The molecule has 0 spiro atoms. The van der Waals surface area contributed by atoms with Crippen LogP contribution in [0.25, 0.3) is 11.3 Å². The van der Waals surface area contributed by atoms with Gasteiger partial charge in [-0.25, -0.2) is 0 Å². The molecule has 0 bridgehead atoms. The van der Waals surface area contributed by atoms with Gasteiger partial charge in [-0.3, -0.25) is 4.98 Å². The van der Waals surface area contributed by atoms with Crippen molar-refractivity contribution in [1.29, 1.82) is 0 Å². The molecule has 0 saturated carbocycles. The maximum absolute atomic E-state index is 12.2. The van der Waals surface area contributed by atoms with Gasteiger partial charge in [0.15, 0.2) is 0 Å². The van der Waals surface area contributed by atoms with Crippen LogP contribution in [-0.2, 0) is 0 Å². The molecule has 0 atom stereocenters. The number of pyridine rings is 1. The van der Waals surface area contributed by atoms with E-state index in [1.54, 1.807) is 13.0 Å². The Morgan fingerprint density at radius 3 is 2.52 bits per heavy atom. The summed E-state index contributed by atoms with van der Waals surface area (Å²) in [6.07, 6.45) is -3.36. The molecule has 21 heavy (non-hydrogen) atoms. The Bertz CT molecular complexity index is 647. The van der Waals surface area contributed by atoms with Crippen LogP contribution in [0, 0.1) is 6.92 Å². The third-order valence-electron chi connectivity index (χ3n) is 2.81. The molecule has 0 unspecified atom stereocenters. The van der Waals surface area contributed by atoms with E-state index in [-0.39, 0.29) is 11.2 Å². The molecule has 2 rings (SSSR count). The van der Waals surface area contributed by atoms with Gasteiger partial charge in [-0.2, -0.15) is 0 Å². The standard InChI is InChI=1S/C13H11BF3NO3/c1-8-5-6-18-12(11(8)14(19)20)9-3-2-4-10(7-9)21-13(15,16)17/h2-7,19-20H,1H3. The molecule has 0 aliphatic heterocycles. The first-order chi connectivity index (χ1) is 9.78. The van der Waals surface area contributed by atoms with Crippen LogP contribution in [0.5, 0.6) is 5.75 Å². The fourth-order valence-electron chi connectivity index (χ4n) is 1.97. The summed E-state index contributed by atoms with van der Waals surface area (Å²) >= 11 is 0. The summed E-state index contributed by atoms with van der Waals surface area (Å²) < 4.78 is 40.5. The minimum absolute atomic E-state index is 0.140. The second kappa shape index (κ2) is 5.75. The van der Waals surface area contributed by atoms with Crippen molar-refractivity contribution in [3.05, 3.63) is 42.1 Å². The van der Waals surface area contributed by atoms with Gasteiger partial charge >= 0.3 is 13.5 Å². The summed E-state index contributed by atoms with van der Waals surface area (Å²) in [5.41, 5.74) is 1.19.